The summed E-state index contributed by atoms with van der Waals surface area (Å²) in [6.45, 7) is 1.76. The van der Waals surface area contributed by atoms with Crippen molar-refractivity contribution in [1.29, 1.82) is 0 Å². The van der Waals surface area contributed by atoms with Gasteiger partial charge < -0.3 is 9.57 Å². The first kappa shape index (κ1) is 15.2. The van der Waals surface area contributed by atoms with E-state index in [0.29, 0.717) is 40.0 Å². The summed E-state index contributed by atoms with van der Waals surface area (Å²) in [5, 5.41) is 8.32. The van der Waals surface area contributed by atoms with E-state index in [1.54, 1.807) is 23.5 Å². The van der Waals surface area contributed by atoms with Crippen molar-refractivity contribution >= 4 is 16.8 Å². The Bertz CT molecular complexity index is 1110. The maximum atomic E-state index is 14.4. The van der Waals surface area contributed by atoms with Gasteiger partial charge in [0.25, 0.3) is 0 Å². The van der Waals surface area contributed by atoms with Gasteiger partial charge in [-0.05, 0) is 31.2 Å². The lowest BCUT2D eigenvalue weighted by molar-refractivity contribution is 0.334. The molecule has 4 aromatic rings. The molecule has 9 heteroatoms. The standard InChI is InChI=1S/C16H13FN6O2/c1-8-14-22-21-12-5-6-13(24-2)20-16(12)23(14)15(19-8)10-7-9(25-18)3-4-11(10)17/h3-7H,18H2,1-2H3. The molecule has 0 unspecified atom stereocenters. The topological polar surface area (TPSA) is 100 Å². The normalized spacial score (nSPS) is 11.2. The summed E-state index contributed by atoms with van der Waals surface area (Å²) in [6.07, 6.45) is 0. The Morgan fingerprint density at radius 3 is 2.68 bits per heavy atom. The zero-order valence-electron chi connectivity index (χ0n) is 13.4. The number of ether oxygens (including phenoxy) is 1. The van der Waals surface area contributed by atoms with Crippen molar-refractivity contribution in [2.75, 3.05) is 7.11 Å². The molecule has 0 bridgehead atoms. The smallest absolute Gasteiger partial charge is 0.215 e. The van der Waals surface area contributed by atoms with Crippen LogP contribution in [0.3, 0.4) is 0 Å². The van der Waals surface area contributed by atoms with Crippen molar-refractivity contribution in [1.82, 2.24) is 24.6 Å². The number of hydrogen-bond donors (Lipinski definition) is 1. The molecule has 0 saturated heterocycles. The molecule has 8 nitrogen and oxygen atoms in total. The number of nitrogens with two attached hydrogens (primary N) is 1. The third-order valence-corrected chi connectivity index (χ3v) is 3.84. The van der Waals surface area contributed by atoms with Crippen LogP contribution >= 0.6 is 0 Å². The molecule has 3 aromatic heterocycles. The molecule has 1 aromatic carbocycles. The molecule has 126 valence electrons. The summed E-state index contributed by atoms with van der Waals surface area (Å²) in [7, 11) is 1.52. The van der Waals surface area contributed by atoms with Crippen molar-refractivity contribution in [3.05, 3.63) is 41.8 Å². The number of benzene rings is 1. The highest BCUT2D eigenvalue weighted by molar-refractivity contribution is 5.78. The van der Waals surface area contributed by atoms with E-state index in [2.05, 4.69) is 20.2 Å². The Morgan fingerprint density at radius 1 is 1.08 bits per heavy atom. The number of hydrogen-bond acceptors (Lipinski definition) is 7. The number of methoxy groups -OCH3 is 1. The Kier molecular flexibility index (Phi) is 3.43. The quantitative estimate of drug-likeness (QED) is 0.570. The van der Waals surface area contributed by atoms with Crippen molar-refractivity contribution in [3.8, 4) is 23.0 Å². The fourth-order valence-corrected chi connectivity index (χ4v) is 2.65. The van der Waals surface area contributed by atoms with Crippen LogP contribution in [0.5, 0.6) is 11.6 Å². The summed E-state index contributed by atoms with van der Waals surface area (Å²) in [5.74, 6) is 5.75. The van der Waals surface area contributed by atoms with Gasteiger partial charge in [0.2, 0.25) is 5.88 Å². The minimum absolute atomic E-state index is 0.213. The molecule has 0 spiro atoms. The summed E-state index contributed by atoms with van der Waals surface area (Å²) in [5.41, 5.74) is 2.26. The van der Waals surface area contributed by atoms with Gasteiger partial charge in [0.1, 0.15) is 17.1 Å². The molecule has 0 saturated carbocycles. The number of nitrogens with zero attached hydrogens (tertiary/aromatic N) is 5. The largest absolute Gasteiger partial charge is 0.481 e. The van der Waals surface area contributed by atoms with Gasteiger partial charge in [0.05, 0.1) is 18.4 Å². The average molecular weight is 340 g/mol. The molecule has 0 radical (unpaired) electrons. The number of halogens is 1. The minimum Gasteiger partial charge on any atom is -0.481 e. The molecular formula is C16H13FN6O2. The van der Waals surface area contributed by atoms with Gasteiger partial charge in [-0.3, -0.25) is 4.40 Å². The Balaban J connectivity index is 2.12. The Hall–Kier alpha value is -3.33. The van der Waals surface area contributed by atoms with Gasteiger partial charge in [0, 0.05) is 6.07 Å². The zero-order chi connectivity index (χ0) is 17.6. The van der Waals surface area contributed by atoms with Gasteiger partial charge in [-0.15, -0.1) is 10.2 Å². The third kappa shape index (κ3) is 2.32. The second-order valence-electron chi connectivity index (χ2n) is 5.34. The summed E-state index contributed by atoms with van der Waals surface area (Å²) >= 11 is 0. The Labute approximate surface area is 141 Å². The lowest BCUT2D eigenvalue weighted by atomic mass is 10.2. The van der Waals surface area contributed by atoms with Crippen LogP contribution in [-0.2, 0) is 0 Å². The molecule has 0 atom stereocenters. The van der Waals surface area contributed by atoms with E-state index in [0.717, 1.165) is 0 Å². The van der Waals surface area contributed by atoms with E-state index in [-0.39, 0.29) is 5.56 Å². The van der Waals surface area contributed by atoms with E-state index in [4.69, 9.17) is 15.5 Å². The van der Waals surface area contributed by atoms with Crippen LogP contribution in [0.25, 0.3) is 28.2 Å². The fraction of sp³-hybridized carbons (Fsp3) is 0.125. The molecule has 0 aliphatic rings. The number of rotatable bonds is 3. The predicted octanol–water partition coefficient (Wildman–Crippen LogP) is 2.05. The number of aryl methyl sites for hydroxylation is 1. The van der Waals surface area contributed by atoms with Crippen LogP contribution in [0.4, 0.5) is 4.39 Å². The minimum atomic E-state index is -0.472. The number of aromatic nitrogens is 5. The van der Waals surface area contributed by atoms with Gasteiger partial charge in [0.15, 0.2) is 17.1 Å². The maximum Gasteiger partial charge on any atom is 0.215 e. The zero-order valence-corrected chi connectivity index (χ0v) is 13.4. The molecule has 0 aliphatic heterocycles. The number of imidazole rings is 1. The maximum absolute atomic E-state index is 14.4. The first-order valence-corrected chi connectivity index (χ1v) is 7.35. The first-order chi connectivity index (χ1) is 12.1. The van der Waals surface area contributed by atoms with Crippen LogP contribution in [0.1, 0.15) is 5.69 Å². The highest BCUT2D eigenvalue weighted by atomic mass is 19.1. The van der Waals surface area contributed by atoms with Crippen LogP contribution in [0.2, 0.25) is 0 Å². The van der Waals surface area contributed by atoms with E-state index in [1.807, 2.05) is 0 Å². The highest BCUT2D eigenvalue weighted by Gasteiger charge is 2.19. The SMILES string of the molecule is COc1ccc2nnc3c(C)nc(-c4cc(ON)ccc4F)n3c2n1. The summed E-state index contributed by atoms with van der Waals surface area (Å²) in [6, 6.07) is 7.56. The van der Waals surface area contributed by atoms with Crippen LogP contribution in [-0.4, -0.2) is 31.7 Å². The lowest BCUT2D eigenvalue weighted by Crippen LogP contribution is -2.04. The van der Waals surface area contributed by atoms with Gasteiger partial charge in [-0.1, -0.05) is 0 Å². The second kappa shape index (κ2) is 5.64. The third-order valence-electron chi connectivity index (χ3n) is 3.84. The average Bonchev–Trinajstić information content (AvgIpc) is 2.98. The first-order valence-electron chi connectivity index (χ1n) is 7.35. The van der Waals surface area contributed by atoms with E-state index in [1.165, 1.54) is 25.3 Å². The molecule has 3 heterocycles. The van der Waals surface area contributed by atoms with Crippen molar-refractivity contribution in [2.45, 2.75) is 6.92 Å². The van der Waals surface area contributed by atoms with Crippen LogP contribution in [0.15, 0.2) is 30.3 Å². The lowest BCUT2D eigenvalue weighted by Gasteiger charge is -2.07. The van der Waals surface area contributed by atoms with Gasteiger partial charge in [-0.2, -0.15) is 10.9 Å². The number of pyridine rings is 1. The summed E-state index contributed by atoms with van der Waals surface area (Å²) < 4.78 is 21.3. The predicted molar refractivity (Wildman–Crippen MR) is 87.6 cm³/mol. The van der Waals surface area contributed by atoms with E-state index < -0.39 is 5.82 Å². The van der Waals surface area contributed by atoms with Crippen LogP contribution in [0, 0.1) is 12.7 Å². The monoisotopic (exact) mass is 340 g/mol. The molecule has 2 N–H and O–H groups in total. The van der Waals surface area contributed by atoms with Crippen molar-refractivity contribution < 1.29 is 14.0 Å². The highest BCUT2D eigenvalue weighted by Crippen LogP contribution is 2.29. The van der Waals surface area contributed by atoms with Gasteiger partial charge in [-0.25, -0.2) is 9.37 Å². The second-order valence-corrected chi connectivity index (χ2v) is 5.34. The van der Waals surface area contributed by atoms with Crippen LogP contribution < -0.4 is 15.5 Å². The Morgan fingerprint density at radius 2 is 1.92 bits per heavy atom. The van der Waals surface area contributed by atoms with Crippen molar-refractivity contribution in [2.24, 2.45) is 5.90 Å². The summed E-state index contributed by atoms with van der Waals surface area (Å²) in [4.78, 5) is 13.6. The molecule has 0 fully saturated rings. The van der Waals surface area contributed by atoms with Gasteiger partial charge >= 0.3 is 0 Å². The van der Waals surface area contributed by atoms with E-state index >= 15 is 0 Å². The molecular weight excluding hydrogens is 327 g/mol. The molecule has 25 heavy (non-hydrogen) atoms. The van der Waals surface area contributed by atoms with E-state index in [9.17, 15) is 4.39 Å². The molecule has 0 aliphatic carbocycles. The molecule has 4 rings (SSSR count). The molecule has 0 amide bonds. The number of fused-ring (bicyclic) bond motifs is 3. The van der Waals surface area contributed by atoms with Crippen molar-refractivity contribution in [3.63, 3.8) is 0 Å². The fourth-order valence-electron chi connectivity index (χ4n) is 2.65.